The molecule has 0 radical (unpaired) electrons. The van der Waals surface area contributed by atoms with Crippen molar-refractivity contribution in [2.75, 3.05) is 11.9 Å². The van der Waals surface area contributed by atoms with Crippen LogP contribution in [-0.4, -0.2) is 23.3 Å². The van der Waals surface area contributed by atoms with Crippen LogP contribution in [0.2, 0.25) is 0 Å². The van der Waals surface area contributed by atoms with Crippen LogP contribution >= 0.6 is 12.2 Å². The molecule has 1 aromatic carbocycles. The summed E-state index contributed by atoms with van der Waals surface area (Å²) in [5.41, 5.74) is 4.30. The highest BCUT2D eigenvalue weighted by molar-refractivity contribution is 7.80. The molecule has 1 aromatic rings. The van der Waals surface area contributed by atoms with Gasteiger partial charge < -0.3 is 16.4 Å². The molecule has 0 aromatic heterocycles. The number of hydrogen-bond acceptors (Lipinski definition) is 3. The SMILES string of the molecule is NC(=S)CNC(=O)C(=O)Nc1cc(F)cc(F)c1F. The molecule has 0 saturated carbocycles. The summed E-state index contributed by atoms with van der Waals surface area (Å²) in [6.45, 7) is -0.235. The predicted octanol–water partition coefficient (Wildman–Crippen LogP) is 0.445. The van der Waals surface area contributed by atoms with Crippen molar-refractivity contribution in [1.82, 2.24) is 5.32 Å². The van der Waals surface area contributed by atoms with Crippen molar-refractivity contribution >= 4 is 34.7 Å². The summed E-state index contributed by atoms with van der Waals surface area (Å²) in [5.74, 6) is -6.54. The summed E-state index contributed by atoms with van der Waals surface area (Å²) in [5, 5.41) is 3.75. The van der Waals surface area contributed by atoms with Gasteiger partial charge in [-0.05, 0) is 0 Å². The average molecular weight is 291 g/mol. The Balaban J connectivity index is 2.77. The molecule has 2 amide bonds. The van der Waals surface area contributed by atoms with Crippen LogP contribution in [0.3, 0.4) is 0 Å². The highest BCUT2D eigenvalue weighted by atomic mass is 32.1. The summed E-state index contributed by atoms with van der Waals surface area (Å²) in [6, 6.07) is 0.842. The lowest BCUT2D eigenvalue weighted by atomic mass is 10.2. The first kappa shape index (κ1) is 14.9. The summed E-state index contributed by atoms with van der Waals surface area (Å²) in [4.78, 5) is 22.4. The minimum atomic E-state index is -1.49. The number of nitrogens with one attached hydrogen (secondary N) is 2. The van der Waals surface area contributed by atoms with Gasteiger partial charge in [0.2, 0.25) is 0 Å². The lowest BCUT2D eigenvalue weighted by molar-refractivity contribution is -0.136. The molecular weight excluding hydrogens is 283 g/mol. The van der Waals surface area contributed by atoms with Crippen LogP contribution in [0, 0.1) is 17.5 Å². The van der Waals surface area contributed by atoms with E-state index in [0.717, 1.165) is 0 Å². The molecule has 9 heteroatoms. The number of hydrogen-bond donors (Lipinski definition) is 3. The molecule has 0 aliphatic heterocycles. The largest absolute Gasteiger partial charge is 0.392 e. The molecule has 0 bridgehead atoms. The summed E-state index contributed by atoms with van der Waals surface area (Å²) >= 11 is 4.46. The van der Waals surface area contributed by atoms with Gasteiger partial charge in [0.1, 0.15) is 5.82 Å². The number of rotatable bonds is 3. The summed E-state index contributed by atoms with van der Waals surface area (Å²) < 4.78 is 38.9. The van der Waals surface area contributed by atoms with Gasteiger partial charge in [0.15, 0.2) is 11.6 Å². The second-order valence-corrected chi connectivity index (χ2v) is 3.88. The Bertz CT molecular complexity index is 551. The Morgan fingerprint density at radius 2 is 1.84 bits per heavy atom. The van der Waals surface area contributed by atoms with Gasteiger partial charge in [-0.2, -0.15) is 0 Å². The van der Waals surface area contributed by atoms with E-state index in [9.17, 15) is 22.8 Å². The number of anilines is 1. The topological polar surface area (TPSA) is 84.2 Å². The van der Waals surface area contributed by atoms with Gasteiger partial charge in [0.05, 0.1) is 17.2 Å². The molecule has 102 valence electrons. The smallest absolute Gasteiger partial charge is 0.313 e. The molecule has 0 fully saturated rings. The Morgan fingerprint density at radius 3 is 2.42 bits per heavy atom. The van der Waals surface area contributed by atoms with Gasteiger partial charge in [-0.1, -0.05) is 12.2 Å². The predicted molar refractivity (Wildman–Crippen MR) is 64.7 cm³/mol. The Labute approximate surface area is 111 Å². The summed E-state index contributed by atoms with van der Waals surface area (Å²) in [6.07, 6.45) is 0. The lowest BCUT2D eigenvalue weighted by Gasteiger charge is -2.07. The van der Waals surface area contributed by atoms with E-state index in [1.165, 1.54) is 0 Å². The fourth-order valence-corrected chi connectivity index (χ4v) is 1.15. The number of carbonyl (C=O) groups is 2. The number of halogens is 3. The fraction of sp³-hybridized carbons (Fsp3) is 0.100. The van der Waals surface area contributed by atoms with E-state index in [1.807, 2.05) is 5.32 Å². The molecule has 1 rings (SSSR count). The maximum atomic E-state index is 13.2. The van der Waals surface area contributed by atoms with Gasteiger partial charge in [0, 0.05) is 12.1 Å². The van der Waals surface area contributed by atoms with E-state index in [-0.39, 0.29) is 11.5 Å². The van der Waals surface area contributed by atoms with Crippen molar-refractivity contribution in [2.45, 2.75) is 0 Å². The van der Waals surface area contributed by atoms with Gasteiger partial charge in [-0.3, -0.25) is 9.59 Å². The molecule has 0 aliphatic carbocycles. The Kier molecular flexibility index (Phi) is 4.81. The number of benzene rings is 1. The number of amides is 2. The van der Waals surface area contributed by atoms with Gasteiger partial charge in [-0.15, -0.1) is 0 Å². The number of thiocarbonyl (C=S) groups is 1. The van der Waals surface area contributed by atoms with Crippen LogP contribution in [-0.2, 0) is 9.59 Å². The van der Waals surface area contributed by atoms with Crippen LogP contribution in [0.15, 0.2) is 12.1 Å². The Morgan fingerprint density at radius 1 is 1.21 bits per heavy atom. The van der Waals surface area contributed by atoms with Gasteiger partial charge in [0.25, 0.3) is 0 Å². The van der Waals surface area contributed by atoms with Crippen LogP contribution in [0.5, 0.6) is 0 Å². The molecule has 19 heavy (non-hydrogen) atoms. The van der Waals surface area contributed by atoms with Gasteiger partial charge >= 0.3 is 11.8 Å². The van der Waals surface area contributed by atoms with Crippen molar-refractivity contribution in [2.24, 2.45) is 5.73 Å². The molecule has 0 saturated heterocycles. The first-order valence-corrected chi connectivity index (χ1v) is 5.24. The molecule has 4 N–H and O–H groups in total. The van der Waals surface area contributed by atoms with E-state index in [0.29, 0.717) is 12.1 Å². The highest BCUT2D eigenvalue weighted by Crippen LogP contribution is 2.18. The third kappa shape index (κ3) is 4.21. The molecule has 0 spiro atoms. The standard InChI is InChI=1S/C10H8F3N3O2S/c11-4-1-5(12)8(13)6(2-4)16-10(18)9(17)15-3-7(14)19/h1-2H,3H2,(H2,14,19)(H,15,17)(H,16,18). The van der Waals surface area contributed by atoms with Crippen LogP contribution in [0.4, 0.5) is 18.9 Å². The normalized spacial score (nSPS) is 9.84. The van der Waals surface area contributed by atoms with Crippen molar-refractivity contribution in [3.8, 4) is 0 Å². The maximum absolute atomic E-state index is 13.2. The van der Waals surface area contributed by atoms with Gasteiger partial charge in [-0.25, -0.2) is 13.2 Å². The quantitative estimate of drug-likeness (QED) is 0.429. The average Bonchev–Trinajstić information content (AvgIpc) is 2.32. The second kappa shape index (κ2) is 6.14. The highest BCUT2D eigenvalue weighted by Gasteiger charge is 2.18. The first-order chi connectivity index (χ1) is 8.81. The van der Waals surface area contributed by atoms with Crippen LogP contribution < -0.4 is 16.4 Å². The zero-order valence-electron chi connectivity index (χ0n) is 9.30. The molecule has 0 unspecified atom stereocenters. The van der Waals surface area contributed by atoms with E-state index >= 15 is 0 Å². The van der Waals surface area contributed by atoms with Crippen molar-refractivity contribution in [1.29, 1.82) is 0 Å². The van der Waals surface area contributed by atoms with E-state index in [2.05, 4.69) is 12.2 Å². The zero-order chi connectivity index (χ0) is 14.6. The van der Waals surface area contributed by atoms with Crippen LogP contribution in [0.1, 0.15) is 0 Å². The fourth-order valence-electron chi connectivity index (χ4n) is 1.07. The van der Waals surface area contributed by atoms with E-state index < -0.39 is 35.0 Å². The molecule has 5 nitrogen and oxygen atoms in total. The molecular formula is C10H8F3N3O2S. The third-order valence-electron chi connectivity index (χ3n) is 1.87. The Hall–Kier alpha value is -2.16. The number of carbonyl (C=O) groups excluding carboxylic acids is 2. The minimum Gasteiger partial charge on any atom is -0.392 e. The second-order valence-electron chi connectivity index (χ2n) is 3.35. The summed E-state index contributed by atoms with van der Waals surface area (Å²) in [7, 11) is 0. The van der Waals surface area contributed by atoms with Crippen molar-refractivity contribution in [3.63, 3.8) is 0 Å². The maximum Gasteiger partial charge on any atom is 0.313 e. The minimum absolute atomic E-state index is 0.0656. The van der Waals surface area contributed by atoms with E-state index in [1.54, 1.807) is 5.32 Å². The van der Waals surface area contributed by atoms with Crippen molar-refractivity contribution < 1.29 is 22.8 Å². The molecule has 0 aliphatic rings. The molecule has 0 heterocycles. The zero-order valence-corrected chi connectivity index (χ0v) is 10.1. The monoisotopic (exact) mass is 291 g/mol. The molecule has 0 atom stereocenters. The number of nitrogens with two attached hydrogens (primary N) is 1. The lowest BCUT2D eigenvalue weighted by Crippen LogP contribution is -2.39. The van der Waals surface area contributed by atoms with Crippen molar-refractivity contribution in [3.05, 3.63) is 29.6 Å². The third-order valence-corrected chi connectivity index (χ3v) is 2.01. The first-order valence-electron chi connectivity index (χ1n) is 4.83. The van der Waals surface area contributed by atoms with E-state index in [4.69, 9.17) is 5.73 Å². The van der Waals surface area contributed by atoms with Crippen LogP contribution in [0.25, 0.3) is 0 Å².